The van der Waals surface area contributed by atoms with E-state index in [1.165, 1.54) is 0 Å². The Kier molecular flexibility index (Phi) is 4.68. The minimum Gasteiger partial charge on any atom is -0.285 e. The summed E-state index contributed by atoms with van der Waals surface area (Å²) in [6.07, 6.45) is 0. The molecule has 4 aromatic rings. The normalized spacial score (nSPS) is 13.2. The van der Waals surface area contributed by atoms with Crippen molar-refractivity contribution in [1.29, 1.82) is 0 Å². The molecule has 0 fully saturated rings. The van der Waals surface area contributed by atoms with E-state index < -0.39 is 23.1 Å². The zero-order valence-corrected chi connectivity index (χ0v) is 16.9. The highest BCUT2D eigenvalue weighted by molar-refractivity contribution is 6.53. The Morgan fingerprint density at radius 1 is 0.250 bits per heavy atom. The summed E-state index contributed by atoms with van der Waals surface area (Å²) in [6, 6.07) is 28.9. The lowest BCUT2D eigenvalue weighted by molar-refractivity contribution is 0.0815. The molecule has 4 nitrogen and oxygen atoms in total. The summed E-state index contributed by atoms with van der Waals surface area (Å²) in [5, 5.41) is 0. The maximum absolute atomic E-state index is 11.8. The maximum atomic E-state index is 11.8. The largest absolute Gasteiger partial charge is 0.285 e. The second kappa shape index (κ2) is 7.67. The maximum Gasteiger partial charge on any atom is 0.234 e. The van der Waals surface area contributed by atoms with Crippen LogP contribution in [0.2, 0.25) is 0 Å². The number of ketones is 4. The Balaban J connectivity index is 0.000000135. The summed E-state index contributed by atoms with van der Waals surface area (Å²) in [5.74, 6) is -1.63. The molecule has 0 radical (unpaired) electrons. The SMILES string of the molecule is O=C1C(=O)c2ccccc2-c2ccccc21.O=C1C(=O)c2ccccc2-c2ccccc21. The molecule has 0 heterocycles. The first-order valence-corrected chi connectivity index (χ1v) is 10.1. The summed E-state index contributed by atoms with van der Waals surface area (Å²) in [6.45, 7) is 0. The van der Waals surface area contributed by atoms with E-state index in [1.807, 2.05) is 48.5 Å². The van der Waals surface area contributed by atoms with E-state index in [0.717, 1.165) is 22.3 Å². The zero-order valence-electron chi connectivity index (χ0n) is 16.9. The first-order chi connectivity index (χ1) is 15.6. The van der Waals surface area contributed by atoms with Crippen LogP contribution in [0.3, 0.4) is 0 Å². The summed E-state index contributed by atoms with van der Waals surface area (Å²) in [5.41, 5.74) is 5.42. The Morgan fingerprint density at radius 3 is 0.594 bits per heavy atom. The molecule has 6 rings (SSSR count). The smallest absolute Gasteiger partial charge is 0.234 e. The van der Waals surface area contributed by atoms with E-state index in [1.54, 1.807) is 48.5 Å². The van der Waals surface area contributed by atoms with Gasteiger partial charge in [0.2, 0.25) is 23.1 Å². The Morgan fingerprint density at radius 2 is 0.406 bits per heavy atom. The second-order valence-electron chi connectivity index (χ2n) is 7.50. The lowest BCUT2D eigenvalue weighted by atomic mass is 9.84. The lowest BCUT2D eigenvalue weighted by Crippen LogP contribution is -2.20. The first-order valence-electron chi connectivity index (χ1n) is 10.1. The number of benzene rings is 4. The molecule has 0 N–H and O–H groups in total. The monoisotopic (exact) mass is 416 g/mol. The number of fused-ring (bicyclic) bond motifs is 6. The lowest BCUT2D eigenvalue weighted by Gasteiger charge is -2.16. The third-order valence-electron chi connectivity index (χ3n) is 5.68. The summed E-state index contributed by atoms with van der Waals surface area (Å²) in [4.78, 5) is 47.3. The van der Waals surface area contributed by atoms with E-state index in [2.05, 4.69) is 0 Å². The van der Waals surface area contributed by atoms with Crippen LogP contribution in [0.1, 0.15) is 41.4 Å². The molecule has 0 saturated heterocycles. The molecule has 0 bridgehead atoms. The van der Waals surface area contributed by atoms with E-state index in [9.17, 15) is 19.2 Å². The van der Waals surface area contributed by atoms with Crippen molar-refractivity contribution in [2.24, 2.45) is 0 Å². The van der Waals surface area contributed by atoms with Crippen molar-refractivity contribution >= 4 is 23.1 Å². The third-order valence-corrected chi connectivity index (χ3v) is 5.68. The number of hydrogen-bond acceptors (Lipinski definition) is 4. The highest BCUT2D eigenvalue weighted by Crippen LogP contribution is 2.33. The number of rotatable bonds is 0. The molecular formula is C28H16O4. The van der Waals surface area contributed by atoms with Gasteiger partial charge >= 0.3 is 0 Å². The van der Waals surface area contributed by atoms with Gasteiger partial charge in [0.05, 0.1) is 0 Å². The van der Waals surface area contributed by atoms with Gasteiger partial charge in [-0.3, -0.25) is 19.2 Å². The molecule has 0 amide bonds. The van der Waals surface area contributed by atoms with E-state index in [4.69, 9.17) is 0 Å². The molecule has 152 valence electrons. The van der Waals surface area contributed by atoms with Crippen molar-refractivity contribution in [2.75, 3.05) is 0 Å². The number of hydrogen-bond donors (Lipinski definition) is 0. The highest BCUT2D eigenvalue weighted by Gasteiger charge is 2.30. The van der Waals surface area contributed by atoms with E-state index in [-0.39, 0.29) is 0 Å². The summed E-state index contributed by atoms with van der Waals surface area (Å²) >= 11 is 0. The van der Waals surface area contributed by atoms with Gasteiger partial charge < -0.3 is 0 Å². The standard InChI is InChI=1S/2C14H8O2/c2*15-13-11-7-3-1-5-9(11)10-6-2-4-8-12(10)14(13)16/h2*1-8H. The highest BCUT2D eigenvalue weighted by atomic mass is 16.2. The van der Waals surface area contributed by atoms with Crippen molar-refractivity contribution < 1.29 is 19.2 Å². The molecule has 0 atom stereocenters. The molecule has 0 unspecified atom stereocenters. The van der Waals surface area contributed by atoms with Crippen LogP contribution in [-0.4, -0.2) is 23.1 Å². The summed E-state index contributed by atoms with van der Waals surface area (Å²) < 4.78 is 0. The number of carbonyl (C=O) groups is 4. The Labute approximate surface area is 184 Å². The average molecular weight is 416 g/mol. The zero-order chi connectivity index (χ0) is 22.2. The first kappa shape index (κ1) is 19.5. The molecule has 2 aliphatic carbocycles. The van der Waals surface area contributed by atoms with Crippen LogP contribution in [0.25, 0.3) is 22.3 Å². The van der Waals surface area contributed by atoms with Crippen LogP contribution in [0, 0.1) is 0 Å². The molecule has 0 spiro atoms. The van der Waals surface area contributed by atoms with Crippen molar-refractivity contribution in [3.63, 3.8) is 0 Å². The molecule has 0 aliphatic heterocycles. The van der Waals surface area contributed by atoms with Gasteiger partial charge in [-0.2, -0.15) is 0 Å². The predicted molar refractivity (Wildman–Crippen MR) is 121 cm³/mol. The van der Waals surface area contributed by atoms with Crippen LogP contribution in [0.4, 0.5) is 0 Å². The van der Waals surface area contributed by atoms with Gasteiger partial charge in [-0.05, 0) is 22.3 Å². The molecule has 2 aliphatic rings. The fourth-order valence-electron chi connectivity index (χ4n) is 4.15. The fourth-order valence-corrected chi connectivity index (χ4v) is 4.15. The van der Waals surface area contributed by atoms with Gasteiger partial charge in [0.25, 0.3) is 0 Å². The van der Waals surface area contributed by atoms with Crippen molar-refractivity contribution in [3.8, 4) is 22.3 Å². The minimum atomic E-state index is -0.408. The van der Waals surface area contributed by atoms with Crippen LogP contribution >= 0.6 is 0 Å². The molecular weight excluding hydrogens is 400 g/mol. The Bertz CT molecular complexity index is 1220. The second-order valence-corrected chi connectivity index (χ2v) is 7.50. The average Bonchev–Trinajstić information content (AvgIpc) is 2.86. The van der Waals surface area contributed by atoms with E-state index >= 15 is 0 Å². The van der Waals surface area contributed by atoms with Crippen LogP contribution in [0.5, 0.6) is 0 Å². The molecule has 32 heavy (non-hydrogen) atoms. The van der Waals surface area contributed by atoms with Gasteiger partial charge in [-0.15, -0.1) is 0 Å². The van der Waals surface area contributed by atoms with Gasteiger partial charge in [0.15, 0.2) is 0 Å². The third kappa shape index (κ3) is 3.01. The topological polar surface area (TPSA) is 68.3 Å². The molecule has 0 saturated carbocycles. The Hall–Kier alpha value is -4.44. The molecule has 0 aromatic heterocycles. The molecule has 4 aromatic carbocycles. The predicted octanol–water partition coefficient (Wildman–Crippen LogP) is 5.47. The van der Waals surface area contributed by atoms with Crippen LogP contribution in [0.15, 0.2) is 97.1 Å². The number of carbonyl (C=O) groups excluding carboxylic acids is 4. The minimum absolute atomic E-state index is 0.408. The van der Waals surface area contributed by atoms with Crippen molar-refractivity contribution in [1.82, 2.24) is 0 Å². The fraction of sp³-hybridized carbons (Fsp3) is 0. The molecule has 4 heteroatoms. The van der Waals surface area contributed by atoms with Gasteiger partial charge in [0, 0.05) is 22.3 Å². The van der Waals surface area contributed by atoms with Gasteiger partial charge in [-0.25, -0.2) is 0 Å². The van der Waals surface area contributed by atoms with Crippen molar-refractivity contribution in [3.05, 3.63) is 119 Å². The van der Waals surface area contributed by atoms with Crippen LogP contribution in [-0.2, 0) is 0 Å². The van der Waals surface area contributed by atoms with Crippen LogP contribution < -0.4 is 0 Å². The van der Waals surface area contributed by atoms with E-state index in [0.29, 0.717) is 22.3 Å². The van der Waals surface area contributed by atoms with Gasteiger partial charge in [0.1, 0.15) is 0 Å². The van der Waals surface area contributed by atoms with Gasteiger partial charge in [-0.1, -0.05) is 97.1 Å². The quantitative estimate of drug-likeness (QED) is 0.357. The number of Topliss-reactive ketones (excluding diaryl/α,β-unsaturated/α-hetero) is 4. The van der Waals surface area contributed by atoms with Crippen molar-refractivity contribution in [2.45, 2.75) is 0 Å². The summed E-state index contributed by atoms with van der Waals surface area (Å²) in [7, 11) is 0.